The highest BCUT2D eigenvalue weighted by molar-refractivity contribution is 6.30. The topological polar surface area (TPSA) is 104 Å². The summed E-state index contributed by atoms with van der Waals surface area (Å²) in [6.45, 7) is 2.71. The Labute approximate surface area is 153 Å². The van der Waals surface area contributed by atoms with Crippen LogP contribution in [0.5, 0.6) is 0 Å². The van der Waals surface area contributed by atoms with Gasteiger partial charge in [-0.3, -0.25) is 0 Å². The minimum atomic E-state index is -1.08. The van der Waals surface area contributed by atoms with Crippen molar-refractivity contribution in [2.75, 3.05) is 19.8 Å². The van der Waals surface area contributed by atoms with Gasteiger partial charge in [-0.2, -0.15) is 0 Å². The Hall–Kier alpha value is -2.49. The van der Waals surface area contributed by atoms with Gasteiger partial charge < -0.3 is 19.0 Å². The van der Waals surface area contributed by atoms with Crippen molar-refractivity contribution in [1.29, 1.82) is 0 Å². The minimum Gasteiger partial charge on any atom is -0.461 e. The van der Waals surface area contributed by atoms with Crippen LogP contribution in [0, 0.1) is 0 Å². The molecule has 10 heteroatoms. The average Bonchev–Trinajstić information content (AvgIpc) is 3.19. The second-order valence-corrected chi connectivity index (χ2v) is 6.52. The first-order valence-electron chi connectivity index (χ1n) is 8.03. The van der Waals surface area contributed by atoms with Crippen LogP contribution in [-0.4, -0.2) is 55.3 Å². The number of halogens is 1. The van der Waals surface area contributed by atoms with Gasteiger partial charge >= 0.3 is 5.97 Å². The molecule has 0 saturated carbocycles. The molecule has 1 aliphatic heterocycles. The summed E-state index contributed by atoms with van der Waals surface area (Å²) in [5.74, 6) is -0.518. The summed E-state index contributed by atoms with van der Waals surface area (Å²) in [5, 5.41) is 18.8. The summed E-state index contributed by atoms with van der Waals surface area (Å²) in [6, 6.07) is 1.70. The van der Waals surface area contributed by atoms with Crippen molar-refractivity contribution < 1.29 is 19.4 Å². The molecule has 26 heavy (non-hydrogen) atoms. The van der Waals surface area contributed by atoms with Gasteiger partial charge in [0.2, 0.25) is 0 Å². The Bertz CT molecular complexity index is 978. The normalized spacial score (nSPS) is 15.8. The number of nitrogens with zero attached hydrogens (tertiary/aromatic N) is 5. The molecular formula is C16H16ClN5O4. The maximum Gasteiger partial charge on any atom is 0.360 e. The number of pyridine rings is 1. The number of imidazole rings is 1. The van der Waals surface area contributed by atoms with Gasteiger partial charge in [-0.15, -0.1) is 5.10 Å². The smallest absolute Gasteiger partial charge is 0.360 e. The van der Waals surface area contributed by atoms with Gasteiger partial charge in [-0.05, 0) is 13.0 Å². The highest BCUT2D eigenvalue weighted by atomic mass is 35.5. The zero-order chi connectivity index (χ0) is 18.3. The standard InChI is InChI=1S/C16H16ClN5O4/c1-2-26-15(23)13-7-22(20-19-13)6-11-5-21-4-10(17)3-12(14(21)18-11)16(24)8-25-9-16/h3-5,7,24H,2,6,8-9H2,1H3. The molecule has 0 aromatic carbocycles. The van der Waals surface area contributed by atoms with Crippen molar-refractivity contribution in [1.82, 2.24) is 24.4 Å². The molecule has 1 N–H and O–H groups in total. The number of hydrogen-bond acceptors (Lipinski definition) is 7. The van der Waals surface area contributed by atoms with Crippen molar-refractivity contribution in [3.05, 3.63) is 46.6 Å². The monoisotopic (exact) mass is 377 g/mol. The van der Waals surface area contributed by atoms with Gasteiger partial charge in [0, 0.05) is 18.0 Å². The van der Waals surface area contributed by atoms with E-state index in [1.807, 2.05) is 0 Å². The van der Waals surface area contributed by atoms with E-state index in [1.54, 1.807) is 29.8 Å². The third-order valence-electron chi connectivity index (χ3n) is 4.10. The average molecular weight is 378 g/mol. The Kier molecular flexibility index (Phi) is 4.14. The number of ether oxygens (including phenoxy) is 2. The van der Waals surface area contributed by atoms with E-state index in [1.165, 1.54) is 10.9 Å². The number of rotatable bonds is 5. The molecule has 1 fully saturated rings. The molecule has 0 spiro atoms. The Morgan fingerprint density at radius 1 is 1.42 bits per heavy atom. The maximum absolute atomic E-state index is 11.7. The number of carbonyl (C=O) groups excluding carboxylic acids is 1. The number of aliphatic hydroxyl groups is 1. The molecule has 4 heterocycles. The van der Waals surface area contributed by atoms with Crippen LogP contribution < -0.4 is 0 Å². The Morgan fingerprint density at radius 3 is 2.92 bits per heavy atom. The fraction of sp³-hybridized carbons (Fsp3) is 0.375. The highest BCUT2D eigenvalue weighted by Crippen LogP contribution is 2.33. The number of aromatic nitrogens is 5. The van der Waals surface area contributed by atoms with Crippen LogP contribution in [-0.2, 0) is 21.6 Å². The van der Waals surface area contributed by atoms with Gasteiger partial charge in [0.15, 0.2) is 5.69 Å². The quantitative estimate of drug-likeness (QED) is 0.662. The Balaban J connectivity index is 1.64. The summed E-state index contributed by atoms with van der Waals surface area (Å²) < 4.78 is 13.3. The predicted octanol–water partition coefficient (Wildman–Crippen LogP) is 1.02. The van der Waals surface area contributed by atoms with Crippen molar-refractivity contribution in [3.8, 4) is 0 Å². The van der Waals surface area contributed by atoms with Crippen molar-refractivity contribution in [2.24, 2.45) is 0 Å². The molecule has 136 valence electrons. The van der Waals surface area contributed by atoms with E-state index in [0.29, 0.717) is 28.5 Å². The molecule has 0 bridgehead atoms. The third kappa shape index (κ3) is 2.94. The van der Waals surface area contributed by atoms with E-state index in [2.05, 4.69) is 15.3 Å². The molecule has 0 unspecified atom stereocenters. The van der Waals surface area contributed by atoms with Crippen LogP contribution in [0.3, 0.4) is 0 Å². The van der Waals surface area contributed by atoms with Crippen LogP contribution in [0.25, 0.3) is 5.65 Å². The first-order valence-corrected chi connectivity index (χ1v) is 8.41. The van der Waals surface area contributed by atoms with Crippen LogP contribution in [0.1, 0.15) is 28.7 Å². The lowest BCUT2D eigenvalue weighted by Crippen LogP contribution is -2.46. The van der Waals surface area contributed by atoms with Crippen molar-refractivity contribution in [3.63, 3.8) is 0 Å². The van der Waals surface area contributed by atoms with E-state index in [4.69, 9.17) is 21.1 Å². The first kappa shape index (κ1) is 17.0. The second kappa shape index (κ2) is 6.35. The fourth-order valence-electron chi connectivity index (χ4n) is 2.82. The zero-order valence-corrected chi connectivity index (χ0v) is 14.7. The van der Waals surface area contributed by atoms with Gasteiger partial charge in [-0.25, -0.2) is 14.5 Å². The zero-order valence-electron chi connectivity index (χ0n) is 13.9. The minimum absolute atomic E-state index is 0.139. The van der Waals surface area contributed by atoms with E-state index in [-0.39, 0.29) is 25.5 Å². The fourth-order valence-corrected chi connectivity index (χ4v) is 3.04. The molecule has 1 saturated heterocycles. The molecule has 1 aliphatic rings. The molecule has 9 nitrogen and oxygen atoms in total. The molecule has 3 aromatic rings. The molecule has 0 radical (unpaired) electrons. The van der Waals surface area contributed by atoms with Crippen LogP contribution in [0.15, 0.2) is 24.7 Å². The lowest BCUT2D eigenvalue weighted by molar-refractivity contribution is -0.184. The van der Waals surface area contributed by atoms with E-state index < -0.39 is 11.6 Å². The summed E-state index contributed by atoms with van der Waals surface area (Å²) in [5.41, 5.74) is 0.950. The van der Waals surface area contributed by atoms with Crippen molar-refractivity contribution in [2.45, 2.75) is 19.1 Å². The summed E-state index contributed by atoms with van der Waals surface area (Å²) in [4.78, 5) is 16.2. The van der Waals surface area contributed by atoms with Gasteiger partial charge in [0.25, 0.3) is 0 Å². The Morgan fingerprint density at radius 2 is 2.23 bits per heavy atom. The second-order valence-electron chi connectivity index (χ2n) is 6.08. The summed E-state index contributed by atoms with van der Waals surface area (Å²) >= 11 is 6.17. The first-order chi connectivity index (χ1) is 12.5. The van der Waals surface area contributed by atoms with E-state index >= 15 is 0 Å². The predicted molar refractivity (Wildman–Crippen MR) is 90.0 cm³/mol. The van der Waals surface area contributed by atoms with Crippen molar-refractivity contribution >= 4 is 23.2 Å². The number of fused-ring (bicyclic) bond motifs is 1. The number of hydrogen-bond donors (Lipinski definition) is 1. The SMILES string of the molecule is CCOC(=O)c1cn(Cc2cn3cc(Cl)cc(C4(O)COC4)c3n2)nn1. The molecule has 0 amide bonds. The number of esters is 1. The third-order valence-corrected chi connectivity index (χ3v) is 4.30. The lowest BCUT2D eigenvalue weighted by Gasteiger charge is -2.36. The van der Waals surface area contributed by atoms with E-state index in [9.17, 15) is 9.90 Å². The van der Waals surface area contributed by atoms with Crippen LogP contribution in [0.2, 0.25) is 5.02 Å². The van der Waals surface area contributed by atoms with Gasteiger partial charge in [-0.1, -0.05) is 16.8 Å². The maximum atomic E-state index is 11.7. The molecular weight excluding hydrogens is 362 g/mol. The molecule has 4 rings (SSSR count). The van der Waals surface area contributed by atoms with Gasteiger partial charge in [0.05, 0.1) is 43.3 Å². The summed E-state index contributed by atoms with van der Waals surface area (Å²) in [6.07, 6.45) is 5.01. The molecule has 3 aromatic heterocycles. The van der Waals surface area contributed by atoms with Crippen LogP contribution >= 0.6 is 11.6 Å². The largest absolute Gasteiger partial charge is 0.461 e. The molecule has 0 aliphatic carbocycles. The molecule has 0 atom stereocenters. The highest BCUT2D eigenvalue weighted by Gasteiger charge is 2.40. The van der Waals surface area contributed by atoms with Gasteiger partial charge in [0.1, 0.15) is 11.2 Å². The number of carbonyl (C=O) groups is 1. The lowest BCUT2D eigenvalue weighted by atomic mass is 9.93. The van der Waals surface area contributed by atoms with Crippen LogP contribution in [0.4, 0.5) is 0 Å². The van der Waals surface area contributed by atoms with E-state index in [0.717, 1.165) is 0 Å². The summed E-state index contributed by atoms with van der Waals surface area (Å²) in [7, 11) is 0.